The summed E-state index contributed by atoms with van der Waals surface area (Å²) in [5.41, 5.74) is 10.5. The molecule has 3 radical (unpaired) electrons. The summed E-state index contributed by atoms with van der Waals surface area (Å²) in [4.78, 5) is 0. The zero-order valence-corrected chi connectivity index (χ0v) is 21.6. The van der Waals surface area contributed by atoms with Gasteiger partial charge in [-0.2, -0.15) is 0 Å². The van der Waals surface area contributed by atoms with Crippen LogP contribution in [0.4, 0.5) is 0 Å². The highest BCUT2D eigenvalue weighted by Gasteiger charge is 2.42. The minimum Gasteiger partial charge on any atom is -0.427 e. The van der Waals surface area contributed by atoms with Crippen molar-refractivity contribution < 1.29 is 9.76 Å². The van der Waals surface area contributed by atoms with Crippen LogP contribution in [-0.2, 0) is 15.5 Å². The predicted molar refractivity (Wildman–Crippen MR) is 144 cm³/mol. The number of hydrogen-bond donors (Lipinski definition) is 1. The molecule has 0 aliphatic heterocycles. The second-order valence-electron chi connectivity index (χ2n) is 12.1. The van der Waals surface area contributed by atoms with E-state index in [1.54, 1.807) is 21.3 Å². The van der Waals surface area contributed by atoms with Crippen LogP contribution < -0.4 is 10.9 Å². The standard InChI is InChI=1S/C30H33B2O2/c1-27(2)23-13-17(31)9-11-19(23)21-15-26-22(16-25(21)27)20-12-10-18(14-24(20)28(26,3)4)32-34-30(7,8)29(5,6)33/h9-16,33H,1-8H3. The summed E-state index contributed by atoms with van der Waals surface area (Å²) in [6, 6.07) is 17.7. The summed E-state index contributed by atoms with van der Waals surface area (Å²) in [5.74, 6) is 0. The quantitative estimate of drug-likeness (QED) is 0.577. The van der Waals surface area contributed by atoms with Gasteiger partial charge in [-0.05, 0) is 84.3 Å². The van der Waals surface area contributed by atoms with Crippen molar-refractivity contribution in [1.82, 2.24) is 0 Å². The topological polar surface area (TPSA) is 29.5 Å². The third-order valence-electron chi connectivity index (χ3n) is 8.48. The smallest absolute Gasteiger partial charge is 0.330 e. The summed E-state index contributed by atoms with van der Waals surface area (Å²) >= 11 is 0. The van der Waals surface area contributed by atoms with Crippen LogP contribution >= 0.6 is 0 Å². The highest BCUT2D eigenvalue weighted by atomic mass is 16.5. The molecule has 3 aromatic rings. The van der Waals surface area contributed by atoms with E-state index in [4.69, 9.17) is 12.5 Å². The van der Waals surface area contributed by atoms with Gasteiger partial charge in [0.05, 0.1) is 11.2 Å². The molecule has 0 saturated carbocycles. The molecule has 0 bridgehead atoms. The molecule has 2 aliphatic rings. The lowest BCUT2D eigenvalue weighted by Gasteiger charge is -2.37. The molecule has 4 heteroatoms. The Morgan fingerprint density at radius 2 is 1.18 bits per heavy atom. The Morgan fingerprint density at radius 3 is 1.71 bits per heavy atom. The number of aliphatic hydroxyl groups is 1. The first-order valence-corrected chi connectivity index (χ1v) is 12.1. The van der Waals surface area contributed by atoms with E-state index in [1.807, 2.05) is 19.9 Å². The van der Waals surface area contributed by atoms with Crippen LogP contribution in [0.2, 0.25) is 0 Å². The van der Waals surface area contributed by atoms with Crippen LogP contribution in [0.3, 0.4) is 0 Å². The van der Waals surface area contributed by atoms with Crippen molar-refractivity contribution in [2.75, 3.05) is 0 Å². The molecular weight excluding hydrogens is 414 g/mol. The second-order valence-corrected chi connectivity index (χ2v) is 12.1. The average molecular weight is 447 g/mol. The van der Waals surface area contributed by atoms with E-state index >= 15 is 0 Å². The van der Waals surface area contributed by atoms with E-state index in [0.29, 0.717) is 0 Å². The minimum absolute atomic E-state index is 0.0911. The number of benzene rings is 3. The Balaban J connectivity index is 1.57. The van der Waals surface area contributed by atoms with Gasteiger partial charge in [-0.3, -0.25) is 0 Å². The van der Waals surface area contributed by atoms with Gasteiger partial charge >= 0.3 is 7.48 Å². The molecule has 3 aromatic carbocycles. The molecule has 0 saturated heterocycles. The predicted octanol–water partition coefficient (Wildman–Crippen LogP) is 4.90. The molecule has 2 aliphatic carbocycles. The lowest BCUT2D eigenvalue weighted by molar-refractivity contribution is -0.0893. The molecule has 171 valence electrons. The molecule has 0 spiro atoms. The van der Waals surface area contributed by atoms with Crippen molar-refractivity contribution in [2.45, 2.75) is 77.4 Å². The van der Waals surface area contributed by atoms with Gasteiger partial charge in [-0.25, -0.2) is 0 Å². The molecule has 1 N–H and O–H groups in total. The van der Waals surface area contributed by atoms with Crippen LogP contribution in [0.1, 0.15) is 77.6 Å². The van der Waals surface area contributed by atoms with Gasteiger partial charge in [0, 0.05) is 10.8 Å². The lowest BCUT2D eigenvalue weighted by Crippen LogP contribution is -2.49. The van der Waals surface area contributed by atoms with E-state index in [-0.39, 0.29) is 10.8 Å². The highest BCUT2D eigenvalue weighted by Crippen LogP contribution is 2.55. The van der Waals surface area contributed by atoms with Crippen LogP contribution in [0.25, 0.3) is 22.3 Å². The maximum atomic E-state index is 10.4. The summed E-state index contributed by atoms with van der Waals surface area (Å²) in [6.07, 6.45) is 0. The number of fused-ring (bicyclic) bond motifs is 6. The first kappa shape index (κ1) is 23.5. The van der Waals surface area contributed by atoms with Gasteiger partial charge in [0.25, 0.3) is 0 Å². The van der Waals surface area contributed by atoms with E-state index in [2.05, 4.69) is 70.2 Å². The van der Waals surface area contributed by atoms with Crippen molar-refractivity contribution >= 4 is 26.3 Å². The molecule has 5 rings (SSSR count). The Kier molecular flexibility index (Phi) is 4.91. The molecule has 0 atom stereocenters. The highest BCUT2D eigenvalue weighted by molar-refractivity contribution is 6.47. The molecule has 2 nitrogen and oxygen atoms in total. The van der Waals surface area contributed by atoms with Crippen molar-refractivity contribution in [3.05, 3.63) is 70.8 Å². The molecule has 34 heavy (non-hydrogen) atoms. The third-order valence-corrected chi connectivity index (χ3v) is 8.48. The van der Waals surface area contributed by atoms with Gasteiger partial charge < -0.3 is 9.76 Å². The van der Waals surface area contributed by atoms with E-state index in [9.17, 15) is 5.11 Å². The van der Waals surface area contributed by atoms with Crippen LogP contribution in [0, 0.1) is 0 Å². The van der Waals surface area contributed by atoms with E-state index < -0.39 is 11.2 Å². The zero-order chi connectivity index (χ0) is 24.8. The molecular formula is C30H33B2O2. The second kappa shape index (κ2) is 7.12. The fourth-order valence-corrected chi connectivity index (χ4v) is 5.43. The summed E-state index contributed by atoms with van der Waals surface area (Å²) in [5, 5.41) is 10.4. The number of rotatable bonds is 4. The van der Waals surface area contributed by atoms with Gasteiger partial charge in [-0.1, -0.05) is 75.0 Å². The largest absolute Gasteiger partial charge is 0.427 e. The van der Waals surface area contributed by atoms with Crippen LogP contribution in [0.5, 0.6) is 0 Å². The summed E-state index contributed by atoms with van der Waals surface area (Å²) < 4.78 is 6.04. The van der Waals surface area contributed by atoms with Gasteiger partial charge in [0.15, 0.2) is 0 Å². The molecule has 0 amide bonds. The Labute approximate surface area is 206 Å². The van der Waals surface area contributed by atoms with Crippen molar-refractivity contribution in [3.8, 4) is 22.3 Å². The Bertz CT molecular complexity index is 1330. The summed E-state index contributed by atoms with van der Waals surface area (Å²) in [6.45, 7) is 16.6. The van der Waals surface area contributed by atoms with Crippen LogP contribution in [-0.4, -0.2) is 31.6 Å². The monoisotopic (exact) mass is 447 g/mol. The maximum Gasteiger partial charge on any atom is 0.330 e. The van der Waals surface area contributed by atoms with E-state index in [1.165, 1.54) is 44.5 Å². The third kappa shape index (κ3) is 3.26. The lowest BCUT2D eigenvalue weighted by atomic mass is 9.77. The SMILES string of the molecule is [B]c1ccc2c(c1)C(C)(C)c1cc3c(cc1-2)C(C)(C)c1cc([B]OC(C)(C)C(C)(C)O)ccc1-3. The molecule has 0 fully saturated rings. The van der Waals surface area contributed by atoms with Crippen molar-refractivity contribution in [3.63, 3.8) is 0 Å². The first-order valence-electron chi connectivity index (χ1n) is 12.1. The molecule has 0 unspecified atom stereocenters. The van der Waals surface area contributed by atoms with Crippen LogP contribution in [0.15, 0.2) is 48.5 Å². The maximum absolute atomic E-state index is 10.4. The minimum atomic E-state index is -0.954. The van der Waals surface area contributed by atoms with Gasteiger partial charge in [0.1, 0.15) is 7.85 Å². The number of hydrogen-bond acceptors (Lipinski definition) is 2. The fraction of sp³-hybridized carbons (Fsp3) is 0.400. The Hall–Kier alpha value is -2.29. The fourth-order valence-electron chi connectivity index (χ4n) is 5.43. The van der Waals surface area contributed by atoms with E-state index in [0.717, 1.165) is 10.9 Å². The van der Waals surface area contributed by atoms with Gasteiger partial charge in [-0.15, -0.1) is 0 Å². The molecule has 0 heterocycles. The molecule has 0 aromatic heterocycles. The van der Waals surface area contributed by atoms with Gasteiger partial charge in [0.2, 0.25) is 0 Å². The average Bonchev–Trinajstić information content (AvgIpc) is 3.09. The first-order chi connectivity index (χ1) is 15.6. The van der Waals surface area contributed by atoms with Crippen molar-refractivity contribution in [1.29, 1.82) is 0 Å². The summed E-state index contributed by atoms with van der Waals surface area (Å²) in [7, 11) is 7.93. The Morgan fingerprint density at radius 1 is 0.706 bits per heavy atom. The normalized spacial score (nSPS) is 17.1. The van der Waals surface area contributed by atoms with Crippen molar-refractivity contribution in [2.24, 2.45) is 0 Å². The zero-order valence-electron chi connectivity index (χ0n) is 21.6.